The normalized spacial score (nSPS) is 21.7. The van der Waals surface area contributed by atoms with Crippen molar-refractivity contribution in [2.24, 2.45) is 11.8 Å². The molecule has 3 rings (SSSR count). The van der Waals surface area contributed by atoms with Gasteiger partial charge in [0.2, 0.25) is 11.8 Å². The Labute approximate surface area is 155 Å². The zero-order chi connectivity index (χ0) is 18.1. The molecule has 0 saturated carbocycles. The number of piperidine rings is 1. The first-order valence-corrected chi connectivity index (χ1v) is 8.92. The Morgan fingerprint density at radius 3 is 2.40 bits per heavy atom. The second-order valence-electron chi connectivity index (χ2n) is 6.36. The summed E-state index contributed by atoms with van der Waals surface area (Å²) in [7, 11) is 0. The lowest BCUT2D eigenvalue weighted by atomic mass is 9.95. The molecular weight excluding hydrogens is 367 g/mol. The number of benzene rings is 1. The maximum Gasteiger partial charge on any atom is 0.306 e. The molecule has 1 aromatic rings. The first kappa shape index (κ1) is 18.0. The van der Waals surface area contributed by atoms with Crippen LogP contribution in [0.25, 0.3) is 0 Å². The number of likely N-dealkylation sites (tertiary alicyclic amines) is 1. The lowest BCUT2D eigenvalue weighted by Gasteiger charge is -2.31. The van der Waals surface area contributed by atoms with Crippen LogP contribution in [0.3, 0.4) is 0 Å². The van der Waals surface area contributed by atoms with Crippen molar-refractivity contribution >= 4 is 46.7 Å². The van der Waals surface area contributed by atoms with Crippen molar-refractivity contribution in [2.75, 3.05) is 24.5 Å². The molecule has 1 aromatic carbocycles. The van der Waals surface area contributed by atoms with Crippen LogP contribution in [0.4, 0.5) is 5.69 Å². The number of aliphatic carboxylic acids is 1. The van der Waals surface area contributed by atoms with Crippen LogP contribution < -0.4 is 4.90 Å². The van der Waals surface area contributed by atoms with Gasteiger partial charge in [-0.3, -0.25) is 14.4 Å². The van der Waals surface area contributed by atoms with Crippen LogP contribution in [0.1, 0.15) is 19.3 Å². The standard InChI is InChI=1S/C17H18Cl2N2O4/c18-11-1-2-13(19)14(9-11)21-8-5-12(16(21)23)15(22)20-6-3-10(4-7-20)17(24)25/h1-2,9-10,12H,3-8H2,(H,24,25)/t12-/m0/s1. The number of carboxylic acid groups (broad SMARTS) is 1. The Morgan fingerprint density at radius 2 is 1.76 bits per heavy atom. The van der Waals surface area contributed by atoms with E-state index in [9.17, 15) is 14.4 Å². The Balaban J connectivity index is 1.69. The predicted molar refractivity (Wildman–Crippen MR) is 93.9 cm³/mol. The molecule has 1 N–H and O–H groups in total. The molecule has 2 saturated heterocycles. The third-order valence-corrected chi connectivity index (χ3v) is 5.41. The molecule has 1 atom stereocenters. The topological polar surface area (TPSA) is 77.9 Å². The molecule has 0 aliphatic carbocycles. The fourth-order valence-electron chi connectivity index (χ4n) is 3.41. The van der Waals surface area contributed by atoms with E-state index in [1.54, 1.807) is 23.1 Å². The first-order chi connectivity index (χ1) is 11.9. The number of amides is 2. The fraction of sp³-hybridized carbons (Fsp3) is 0.471. The lowest BCUT2D eigenvalue weighted by Crippen LogP contribution is -2.45. The van der Waals surface area contributed by atoms with Gasteiger partial charge in [-0.2, -0.15) is 0 Å². The van der Waals surface area contributed by atoms with Crippen molar-refractivity contribution in [2.45, 2.75) is 19.3 Å². The Kier molecular flexibility index (Phi) is 5.20. The Bertz CT molecular complexity index is 717. The number of rotatable bonds is 3. The molecular formula is C17H18Cl2N2O4. The van der Waals surface area contributed by atoms with Crippen molar-refractivity contribution in [1.29, 1.82) is 0 Å². The van der Waals surface area contributed by atoms with Crippen LogP contribution >= 0.6 is 23.2 Å². The van der Waals surface area contributed by atoms with Crippen LogP contribution in [-0.2, 0) is 14.4 Å². The van der Waals surface area contributed by atoms with Crippen molar-refractivity contribution in [1.82, 2.24) is 4.90 Å². The summed E-state index contributed by atoms with van der Waals surface area (Å²) in [6, 6.07) is 4.88. The van der Waals surface area contributed by atoms with Gasteiger partial charge in [0, 0.05) is 24.7 Å². The Hall–Kier alpha value is -1.79. The van der Waals surface area contributed by atoms with E-state index in [-0.39, 0.29) is 11.8 Å². The summed E-state index contributed by atoms with van der Waals surface area (Å²) in [5.41, 5.74) is 0.513. The fourth-order valence-corrected chi connectivity index (χ4v) is 3.79. The zero-order valence-electron chi connectivity index (χ0n) is 13.5. The van der Waals surface area contributed by atoms with E-state index in [1.807, 2.05) is 0 Å². The van der Waals surface area contributed by atoms with Gasteiger partial charge in [0.15, 0.2) is 0 Å². The molecule has 2 aliphatic heterocycles. The molecule has 2 amide bonds. The molecule has 134 valence electrons. The smallest absolute Gasteiger partial charge is 0.306 e. The number of carbonyl (C=O) groups is 3. The highest BCUT2D eigenvalue weighted by atomic mass is 35.5. The van der Waals surface area contributed by atoms with Gasteiger partial charge in [-0.25, -0.2) is 0 Å². The van der Waals surface area contributed by atoms with Crippen LogP contribution in [0.15, 0.2) is 18.2 Å². The van der Waals surface area contributed by atoms with Gasteiger partial charge in [0.1, 0.15) is 5.92 Å². The quantitative estimate of drug-likeness (QED) is 0.812. The predicted octanol–water partition coefficient (Wildman–Crippen LogP) is 2.67. The molecule has 25 heavy (non-hydrogen) atoms. The molecule has 0 unspecified atom stereocenters. The highest BCUT2D eigenvalue weighted by Crippen LogP contribution is 2.34. The second kappa shape index (κ2) is 7.22. The van der Waals surface area contributed by atoms with E-state index in [2.05, 4.69) is 0 Å². The number of carboxylic acids is 1. The van der Waals surface area contributed by atoms with Gasteiger partial charge in [-0.05, 0) is 37.5 Å². The second-order valence-corrected chi connectivity index (χ2v) is 7.21. The number of nitrogens with zero attached hydrogens (tertiary/aromatic N) is 2. The van der Waals surface area contributed by atoms with Gasteiger partial charge < -0.3 is 14.9 Å². The summed E-state index contributed by atoms with van der Waals surface area (Å²) in [5, 5.41) is 9.92. The van der Waals surface area contributed by atoms with Gasteiger partial charge >= 0.3 is 5.97 Å². The number of hydrogen-bond donors (Lipinski definition) is 1. The minimum atomic E-state index is -0.828. The third kappa shape index (κ3) is 3.60. The minimum absolute atomic E-state index is 0.227. The van der Waals surface area contributed by atoms with Crippen LogP contribution in [0, 0.1) is 11.8 Å². The van der Waals surface area contributed by atoms with Gasteiger partial charge in [-0.1, -0.05) is 23.2 Å². The van der Waals surface area contributed by atoms with Gasteiger partial charge in [0.25, 0.3) is 0 Å². The summed E-state index contributed by atoms with van der Waals surface area (Å²) in [6.07, 6.45) is 1.26. The molecule has 0 aromatic heterocycles. The maximum absolute atomic E-state index is 12.7. The van der Waals surface area contributed by atoms with Gasteiger partial charge in [0.05, 0.1) is 16.6 Å². The first-order valence-electron chi connectivity index (χ1n) is 8.16. The van der Waals surface area contributed by atoms with E-state index >= 15 is 0 Å². The highest BCUT2D eigenvalue weighted by molar-refractivity contribution is 6.36. The largest absolute Gasteiger partial charge is 0.481 e. The number of anilines is 1. The summed E-state index contributed by atoms with van der Waals surface area (Å²) in [4.78, 5) is 39.5. The van der Waals surface area contributed by atoms with E-state index < -0.39 is 17.8 Å². The molecule has 8 heteroatoms. The van der Waals surface area contributed by atoms with E-state index in [0.29, 0.717) is 54.6 Å². The molecule has 0 radical (unpaired) electrons. The minimum Gasteiger partial charge on any atom is -0.481 e. The third-order valence-electron chi connectivity index (χ3n) is 4.86. The maximum atomic E-state index is 12.7. The highest BCUT2D eigenvalue weighted by Gasteiger charge is 2.41. The van der Waals surface area contributed by atoms with Crippen LogP contribution in [0.5, 0.6) is 0 Å². The summed E-state index contributed by atoms with van der Waals surface area (Å²) in [6.45, 7) is 1.15. The molecule has 2 aliphatic rings. The van der Waals surface area contributed by atoms with E-state index in [0.717, 1.165) is 0 Å². The summed E-state index contributed by atoms with van der Waals surface area (Å²) >= 11 is 12.1. The Morgan fingerprint density at radius 1 is 1.08 bits per heavy atom. The number of hydrogen-bond acceptors (Lipinski definition) is 3. The lowest BCUT2D eigenvalue weighted by molar-refractivity contribution is -0.148. The van der Waals surface area contributed by atoms with Crippen molar-refractivity contribution in [3.8, 4) is 0 Å². The zero-order valence-corrected chi connectivity index (χ0v) is 15.0. The average molecular weight is 385 g/mol. The van der Waals surface area contributed by atoms with Crippen molar-refractivity contribution < 1.29 is 19.5 Å². The van der Waals surface area contributed by atoms with E-state index in [1.165, 1.54) is 4.90 Å². The summed E-state index contributed by atoms with van der Waals surface area (Å²) < 4.78 is 0. The monoisotopic (exact) mass is 384 g/mol. The molecule has 6 nitrogen and oxygen atoms in total. The van der Waals surface area contributed by atoms with Gasteiger partial charge in [-0.15, -0.1) is 0 Å². The van der Waals surface area contributed by atoms with Crippen LogP contribution in [0.2, 0.25) is 10.0 Å². The number of carbonyl (C=O) groups excluding carboxylic acids is 2. The number of halogens is 2. The molecule has 0 spiro atoms. The SMILES string of the molecule is O=C(O)C1CCN(C(=O)[C@@H]2CCN(c3cc(Cl)ccc3Cl)C2=O)CC1. The van der Waals surface area contributed by atoms with Crippen LogP contribution in [-0.4, -0.2) is 47.4 Å². The van der Waals surface area contributed by atoms with Crippen molar-refractivity contribution in [3.63, 3.8) is 0 Å². The molecule has 0 bridgehead atoms. The summed E-state index contributed by atoms with van der Waals surface area (Å²) in [5.74, 6) is -2.49. The van der Waals surface area contributed by atoms with Crippen molar-refractivity contribution in [3.05, 3.63) is 28.2 Å². The molecule has 2 heterocycles. The molecule has 2 fully saturated rings. The van der Waals surface area contributed by atoms with E-state index in [4.69, 9.17) is 28.3 Å². The average Bonchev–Trinajstić information content (AvgIpc) is 2.98.